The van der Waals surface area contributed by atoms with Crippen LogP contribution in [-0.2, 0) is 0 Å². The molecule has 0 bridgehead atoms. The highest BCUT2D eigenvalue weighted by molar-refractivity contribution is 4.82. The second-order valence-corrected chi connectivity index (χ2v) is 4.45. The molecule has 0 aromatic carbocycles. The molecule has 1 aliphatic carbocycles. The van der Waals surface area contributed by atoms with E-state index < -0.39 is 0 Å². The van der Waals surface area contributed by atoms with Gasteiger partial charge in [-0.05, 0) is 30.6 Å². The number of aliphatic hydroxyl groups excluding tert-OH is 1. The lowest BCUT2D eigenvalue weighted by Crippen LogP contribution is -2.32. The van der Waals surface area contributed by atoms with Crippen molar-refractivity contribution in [2.75, 3.05) is 0 Å². The van der Waals surface area contributed by atoms with Gasteiger partial charge in [0.1, 0.15) is 0 Å². The summed E-state index contributed by atoms with van der Waals surface area (Å²) < 4.78 is 0. The van der Waals surface area contributed by atoms with Crippen LogP contribution in [-0.4, -0.2) is 11.2 Å². The van der Waals surface area contributed by atoms with Gasteiger partial charge in [-0.15, -0.1) is 0 Å². The van der Waals surface area contributed by atoms with Crippen LogP contribution in [0.4, 0.5) is 0 Å². The summed E-state index contributed by atoms with van der Waals surface area (Å²) in [6.07, 6.45) is 3.39. The minimum Gasteiger partial charge on any atom is -0.393 e. The van der Waals surface area contributed by atoms with Crippen molar-refractivity contribution in [3.8, 4) is 0 Å². The van der Waals surface area contributed by atoms with Crippen molar-refractivity contribution in [1.82, 2.24) is 0 Å². The normalized spacial score (nSPS) is 39.6. The third-order valence-electron chi connectivity index (χ3n) is 2.70. The Kier molecular flexibility index (Phi) is 2.04. The van der Waals surface area contributed by atoms with Crippen molar-refractivity contribution >= 4 is 0 Å². The van der Waals surface area contributed by atoms with Crippen LogP contribution in [0.15, 0.2) is 0 Å². The second kappa shape index (κ2) is 2.54. The SMILES string of the molecule is C[C@@H]1CCC(C)(C)C[C@@H]1O. The van der Waals surface area contributed by atoms with Crippen LogP contribution in [0, 0.1) is 11.3 Å². The average molecular weight is 142 g/mol. The molecule has 60 valence electrons. The van der Waals surface area contributed by atoms with E-state index >= 15 is 0 Å². The fourth-order valence-corrected chi connectivity index (χ4v) is 1.68. The van der Waals surface area contributed by atoms with Crippen LogP contribution in [0.3, 0.4) is 0 Å². The molecule has 1 rings (SSSR count). The Hall–Kier alpha value is -0.0400. The first-order chi connectivity index (χ1) is 4.51. The maximum atomic E-state index is 9.51. The van der Waals surface area contributed by atoms with E-state index in [1.165, 1.54) is 12.8 Å². The topological polar surface area (TPSA) is 20.2 Å². The molecule has 1 nitrogen and oxygen atoms in total. The van der Waals surface area contributed by atoms with Gasteiger partial charge in [-0.2, -0.15) is 0 Å². The first kappa shape index (κ1) is 8.06. The number of aliphatic hydroxyl groups is 1. The van der Waals surface area contributed by atoms with Crippen LogP contribution >= 0.6 is 0 Å². The molecule has 1 aliphatic rings. The molecule has 0 amide bonds. The number of rotatable bonds is 0. The Morgan fingerprint density at radius 2 is 2.00 bits per heavy atom. The van der Waals surface area contributed by atoms with Gasteiger partial charge < -0.3 is 5.11 Å². The lowest BCUT2D eigenvalue weighted by molar-refractivity contribution is 0.0233. The van der Waals surface area contributed by atoms with Crippen LogP contribution in [0.5, 0.6) is 0 Å². The highest BCUT2D eigenvalue weighted by Crippen LogP contribution is 2.37. The molecule has 1 heteroatoms. The Morgan fingerprint density at radius 3 is 2.40 bits per heavy atom. The Morgan fingerprint density at radius 1 is 1.40 bits per heavy atom. The van der Waals surface area contributed by atoms with Crippen LogP contribution in [0.2, 0.25) is 0 Å². The summed E-state index contributed by atoms with van der Waals surface area (Å²) in [5, 5.41) is 9.51. The van der Waals surface area contributed by atoms with Crippen molar-refractivity contribution in [2.45, 2.75) is 46.1 Å². The third kappa shape index (κ3) is 1.72. The maximum Gasteiger partial charge on any atom is 0.0570 e. The first-order valence-electron chi connectivity index (χ1n) is 4.19. The smallest absolute Gasteiger partial charge is 0.0570 e. The van der Waals surface area contributed by atoms with E-state index in [4.69, 9.17) is 0 Å². The van der Waals surface area contributed by atoms with E-state index in [-0.39, 0.29) is 6.10 Å². The third-order valence-corrected chi connectivity index (χ3v) is 2.70. The molecule has 0 heterocycles. The summed E-state index contributed by atoms with van der Waals surface area (Å²) in [7, 11) is 0. The molecule has 10 heavy (non-hydrogen) atoms. The molecule has 1 fully saturated rings. The van der Waals surface area contributed by atoms with Gasteiger partial charge in [-0.1, -0.05) is 20.8 Å². The standard InChI is InChI=1S/C9H18O/c1-7-4-5-9(2,3)6-8(7)10/h7-8,10H,4-6H2,1-3H3/t7-,8+/m1/s1. The predicted molar refractivity (Wildman–Crippen MR) is 42.8 cm³/mol. The zero-order valence-corrected chi connectivity index (χ0v) is 7.22. The Labute approximate surface area is 63.4 Å². The fourth-order valence-electron chi connectivity index (χ4n) is 1.68. The highest BCUT2D eigenvalue weighted by Gasteiger charge is 2.30. The molecule has 2 atom stereocenters. The molecular formula is C9H18O. The molecule has 0 radical (unpaired) electrons. The van der Waals surface area contributed by atoms with Crippen molar-refractivity contribution in [3.63, 3.8) is 0 Å². The van der Waals surface area contributed by atoms with Gasteiger partial charge in [0.15, 0.2) is 0 Å². The molecular weight excluding hydrogens is 124 g/mol. The number of hydrogen-bond acceptors (Lipinski definition) is 1. The Balaban J connectivity index is 2.49. The molecule has 0 saturated heterocycles. The predicted octanol–water partition coefficient (Wildman–Crippen LogP) is 2.19. The average Bonchev–Trinajstić information content (AvgIpc) is 1.79. The summed E-state index contributed by atoms with van der Waals surface area (Å²) >= 11 is 0. The van der Waals surface area contributed by atoms with Crippen LogP contribution in [0.25, 0.3) is 0 Å². The van der Waals surface area contributed by atoms with Crippen LogP contribution < -0.4 is 0 Å². The lowest BCUT2D eigenvalue weighted by Gasteiger charge is -2.36. The summed E-state index contributed by atoms with van der Waals surface area (Å²) in [6, 6.07) is 0. The zero-order valence-electron chi connectivity index (χ0n) is 7.22. The Bertz CT molecular complexity index is 118. The molecule has 0 aliphatic heterocycles. The summed E-state index contributed by atoms with van der Waals surface area (Å²) in [5.74, 6) is 0.521. The van der Waals surface area contributed by atoms with Gasteiger partial charge in [0, 0.05) is 0 Å². The summed E-state index contributed by atoms with van der Waals surface area (Å²) in [6.45, 7) is 6.62. The van der Waals surface area contributed by atoms with Crippen molar-refractivity contribution < 1.29 is 5.11 Å². The van der Waals surface area contributed by atoms with Crippen molar-refractivity contribution in [2.24, 2.45) is 11.3 Å². The fraction of sp³-hybridized carbons (Fsp3) is 1.00. The van der Waals surface area contributed by atoms with Crippen molar-refractivity contribution in [3.05, 3.63) is 0 Å². The van der Waals surface area contributed by atoms with Gasteiger partial charge in [-0.25, -0.2) is 0 Å². The molecule has 0 unspecified atom stereocenters. The summed E-state index contributed by atoms with van der Waals surface area (Å²) in [5.41, 5.74) is 0.381. The molecule has 1 saturated carbocycles. The first-order valence-corrected chi connectivity index (χ1v) is 4.19. The molecule has 1 N–H and O–H groups in total. The van der Waals surface area contributed by atoms with Gasteiger partial charge >= 0.3 is 0 Å². The lowest BCUT2D eigenvalue weighted by atomic mass is 9.72. The molecule has 0 aromatic heterocycles. The van der Waals surface area contributed by atoms with E-state index in [9.17, 15) is 5.11 Å². The van der Waals surface area contributed by atoms with Gasteiger partial charge in [-0.3, -0.25) is 0 Å². The van der Waals surface area contributed by atoms with Gasteiger partial charge in [0.25, 0.3) is 0 Å². The van der Waals surface area contributed by atoms with E-state index in [1.807, 2.05) is 0 Å². The van der Waals surface area contributed by atoms with E-state index in [2.05, 4.69) is 20.8 Å². The summed E-state index contributed by atoms with van der Waals surface area (Å²) in [4.78, 5) is 0. The second-order valence-electron chi connectivity index (χ2n) is 4.45. The van der Waals surface area contributed by atoms with E-state index in [0.29, 0.717) is 11.3 Å². The minimum atomic E-state index is -0.0521. The largest absolute Gasteiger partial charge is 0.393 e. The van der Waals surface area contributed by atoms with Crippen molar-refractivity contribution in [1.29, 1.82) is 0 Å². The zero-order chi connectivity index (χ0) is 7.78. The molecule has 0 aromatic rings. The minimum absolute atomic E-state index is 0.0521. The van der Waals surface area contributed by atoms with Gasteiger partial charge in [0.05, 0.1) is 6.10 Å². The maximum absolute atomic E-state index is 9.51. The molecule has 0 spiro atoms. The van der Waals surface area contributed by atoms with E-state index in [0.717, 1.165) is 6.42 Å². The van der Waals surface area contributed by atoms with E-state index in [1.54, 1.807) is 0 Å². The quantitative estimate of drug-likeness (QED) is 0.549. The van der Waals surface area contributed by atoms with Crippen LogP contribution in [0.1, 0.15) is 40.0 Å². The monoisotopic (exact) mass is 142 g/mol. The van der Waals surface area contributed by atoms with Gasteiger partial charge in [0.2, 0.25) is 0 Å². The number of hydrogen-bond donors (Lipinski definition) is 1. The highest BCUT2D eigenvalue weighted by atomic mass is 16.3.